The molecular formula is C25H25FN6O2. The lowest BCUT2D eigenvalue weighted by Gasteiger charge is -2.43. The highest BCUT2D eigenvalue weighted by Gasteiger charge is 2.50. The number of hydrogen-bond acceptors (Lipinski definition) is 6. The van der Waals surface area contributed by atoms with Crippen LogP contribution in [0.25, 0.3) is 0 Å². The van der Waals surface area contributed by atoms with E-state index < -0.39 is 5.54 Å². The Morgan fingerprint density at radius 2 is 1.88 bits per heavy atom. The minimum Gasteiger partial charge on any atom is -0.350 e. The van der Waals surface area contributed by atoms with Crippen molar-refractivity contribution >= 4 is 35.0 Å². The first-order valence-electron chi connectivity index (χ1n) is 11.2. The van der Waals surface area contributed by atoms with Crippen molar-refractivity contribution in [1.29, 1.82) is 0 Å². The van der Waals surface area contributed by atoms with E-state index in [-0.39, 0.29) is 17.6 Å². The van der Waals surface area contributed by atoms with Crippen LogP contribution in [0.1, 0.15) is 35.7 Å². The van der Waals surface area contributed by atoms with Crippen molar-refractivity contribution in [3.63, 3.8) is 0 Å². The van der Waals surface area contributed by atoms with E-state index in [9.17, 15) is 14.0 Å². The summed E-state index contributed by atoms with van der Waals surface area (Å²) in [4.78, 5) is 38.1. The van der Waals surface area contributed by atoms with Crippen LogP contribution in [-0.4, -0.2) is 40.9 Å². The van der Waals surface area contributed by atoms with E-state index in [0.717, 1.165) is 30.8 Å². The lowest BCUT2D eigenvalue weighted by molar-refractivity contribution is -0.123. The molecule has 2 aromatic carbocycles. The number of hydrogen-bond donors (Lipinski definition) is 2. The smallest absolute Gasteiger partial charge is 0.255 e. The van der Waals surface area contributed by atoms with E-state index in [0.29, 0.717) is 29.4 Å². The lowest BCUT2D eigenvalue weighted by Crippen LogP contribution is -2.58. The van der Waals surface area contributed by atoms with Crippen molar-refractivity contribution < 1.29 is 14.0 Å². The third kappa shape index (κ3) is 3.83. The average molecular weight is 461 g/mol. The van der Waals surface area contributed by atoms with Gasteiger partial charge in [0, 0.05) is 31.4 Å². The molecule has 2 N–H and O–H groups in total. The highest BCUT2D eigenvalue weighted by atomic mass is 19.1. The molecule has 2 aliphatic heterocycles. The van der Waals surface area contributed by atoms with Crippen molar-refractivity contribution in [3.05, 3.63) is 71.7 Å². The zero-order valence-electron chi connectivity index (χ0n) is 19.0. The fraction of sp³-hybridized carbons (Fsp3) is 0.280. The van der Waals surface area contributed by atoms with E-state index in [4.69, 9.17) is 4.98 Å². The van der Waals surface area contributed by atoms with E-state index in [1.807, 2.05) is 19.1 Å². The van der Waals surface area contributed by atoms with Crippen LogP contribution in [0.15, 0.2) is 54.7 Å². The Morgan fingerprint density at radius 3 is 2.62 bits per heavy atom. The van der Waals surface area contributed by atoms with E-state index in [1.165, 1.54) is 24.3 Å². The van der Waals surface area contributed by atoms with E-state index in [1.54, 1.807) is 30.3 Å². The maximum atomic E-state index is 13.0. The average Bonchev–Trinajstić information content (AvgIpc) is 3.26. The summed E-state index contributed by atoms with van der Waals surface area (Å²) in [7, 11) is 1.77. The van der Waals surface area contributed by atoms with Crippen molar-refractivity contribution in [2.75, 3.05) is 34.0 Å². The van der Waals surface area contributed by atoms with Gasteiger partial charge < -0.3 is 20.4 Å². The van der Waals surface area contributed by atoms with Crippen LogP contribution >= 0.6 is 0 Å². The molecule has 0 radical (unpaired) electrons. The first kappa shape index (κ1) is 21.8. The summed E-state index contributed by atoms with van der Waals surface area (Å²) >= 11 is 0. The normalized spacial score (nSPS) is 19.0. The zero-order chi connectivity index (χ0) is 23.9. The largest absolute Gasteiger partial charge is 0.350 e. The molecule has 0 unspecified atom stereocenters. The Labute approximate surface area is 196 Å². The number of anilines is 4. The van der Waals surface area contributed by atoms with Crippen LogP contribution < -0.4 is 20.4 Å². The van der Waals surface area contributed by atoms with Crippen LogP contribution in [0.2, 0.25) is 0 Å². The van der Waals surface area contributed by atoms with Crippen LogP contribution in [0, 0.1) is 5.82 Å². The predicted octanol–water partition coefficient (Wildman–Crippen LogP) is 3.82. The standard InChI is InChI=1S/C25H25FN6O2/c1-25-12-3-13-32(25)21-20(31(2)23(25)34)15-28-24(30-21)27-14-16-4-6-17(7-5-16)22(33)29-19-10-8-18(26)9-11-19/h4-11,15H,3,12-14H2,1-2H3,(H,29,33)(H,27,28,30)/t25-/m1/s1. The maximum Gasteiger partial charge on any atom is 0.255 e. The second-order valence-corrected chi connectivity index (χ2v) is 8.81. The van der Waals surface area contributed by atoms with Gasteiger partial charge in [0.1, 0.15) is 17.0 Å². The van der Waals surface area contributed by atoms with Crippen molar-refractivity contribution in [3.8, 4) is 0 Å². The highest BCUT2D eigenvalue weighted by Crippen LogP contribution is 2.43. The molecule has 1 atom stereocenters. The number of nitrogens with zero attached hydrogens (tertiary/aromatic N) is 4. The molecule has 1 aromatic heterocycles. The van der Waals surface area contributed by atoms with Gasteiger partial charge in [0.05, 0.1) is 6.20 Å². The van der Waals surface area contributed by atoms with Gasteiger partial charge in [-0.3, -0.25) is 9.59 Å². The number of rotatable bonds is 5. The molecular weight excluding hydrogens is 435 g/mol. The molecule has 3 aromatic rings. The minimum atomic E-state index is -0.558. The minimum absolute atomic E-state index is 0.0744. The monoisotopic (exact) mass is 460 g/mol. The Bertz CT molecular complexity index is 1250. The van der Waals surface area contributed by atoms with E-state index >= 15 is 0 Å². The number of nitrogens with one attached hydrogen (secondary N) is 2. The number of amides is 2. The molecule has 1 saturated heterocycles. The van der Waals surface area contributed by atoms with Gasteiger partial charge in [0.25, 0.3) is 11.8 Å². The molecule has 0 bridgehead atoms. The molecule has 3 heterocycles. The molecule has 2 amide bonds. The Balaban J connectivity index is 1.26. The summed E-state index contributed by atoms with van der Waals surface area (Å²) in [5.74, 6) is 0.704. The van der Waals surface area contributed by atoms with Crippen LogP contribution in [-0.2, 0) is 11.3 Å². The SMILES string of the molecule is CN1C(=O)[C@@]2(C)CCCN2c2nc(NCc3ccc(C(=O)Nc4ccc(F)cc4)cc3)ncc21. The Hall–Kier alpha value is -4.01. The highest BCUT2D eigenvalue weighted by molar-refractivity contribution is 6.07. The number of benzene rings is 2. The predicted molar refractivity (Wildman–Crippen MR) is 129 cm³/mol. The summed E-state index contributed by atoms with van der Waals surface area (Å²) < 4.78 is 13.0. The molecule has 8 nitrogen and oxygen atoms in total. The molecule has 0 spiro atoms. The molecule has 1 fully saturated rings. The molecule has 174 valence electrons. The van der Waals surface area contributed by atoms with Crippen LogP contribution in [0.4, 0.5) is 27.5 Å². The Morgan fingerprint density at radius 1 is 1.15 bits per heavy atom. The van der Waals surface area contributed by atoms with Crippen LogP contribution in [0.5, 0.6) is 0 Å². The third-order valence-corrected chi connectivity index (χ3v) is 6.54. The molecule has 0 aliphatic carbocycles. The fourth-order valence-corrected chi connectivity index (χ4v) is 4.57. The number of carbonyl (C=O) groups is 2. The summed E-state index contributed by atoms with van der Waals surface area (Å²) in [6.45, 7) is 3.25. The van der Waals surface area contributed by atoms with Gasteiger partial charge in [0.15, 0.2) is 5.82 Å². The second kappa shape index (κ2) is 8.40. The van der Waals surface area contributed by atoms with Gasteiger partial charge in [-0.15, -0.1) is 0 Å². The van der Waals surface area contributed by atoms with Crippen LogP contribution in [0.3, 0.4) is 0 Å². The van der Waals surface area contributed by atoms with Gasteiger partial charge in [0.2, 0.25) is 5.95 Å². The number of fused-ring (bicyclic) bond motifs is 3. The number of aromatic nitrogens is 2. The van der Waals surface area contributed by atoms with Gasteiger partial charge in [-0.05, 0) is 61.7 Å². The summed E-state index contributed by atoms with van der Waals surface area (Å²) in [6, 6.07) is 12.8. The van der Waals surface area contributed by atoms with Gasteiger partial charge in [-0.25, -0.2) is 9.37 Å². The quantitative estimate of drug-likeness (QED) is 0.602. The first-order chi connectivity index (χ1) is 16.3. The second-order valence-electron chi connectivity index (χ2n) is 8.81. The third-order valence-electron chi connectivity index (χ3n) is 6.54. The maximum absolute atomic E-state index is 13.0. The summed E-state index contributed by atoms with van der Waals surface area (Å²) in [5, 5.41) is 5.98. The zero-order valence-corrected chi connectivity index (χ0v) is 19.0. The molecule has 34 heavy (non-hydrogen) atoms. The van der Waals surface area contributed by atoms with Crippen molar-refractivity contribution in [2.45, 2.75) is 31.8 Å². The molecule has 0 saturated carbocycles. The van der Waals surface area contributed by atoms with Crippen molar-refractivity contribution in [2.24, 2.45) is 0 Å². The van der Waals surface area contributed by atoms with Gasteiger partial charge in [-0.1, -0.05) is 12.1 Å². The fourth-order valence-electron chi connectivity index (χ4n) is 4.57. The Kier molecular flexibility index (Phi) is 5.39. The number of carbonyl (C=O) groups excluding carboxylic acids is 2. The molecule has 5 rings (SSSR count). The first-order valence-corrected chi connectivity index (χ1v) is 11.2. The number of likely N-dealkylation sites (N-methyl/N-ethyl adjacent to an activating group) is 1. The summed E-state index contributed by atoms with van der Waals surface area (Å²) in [5.41, 5.74) is 2.14. The topological polar surface area (TPSA) is 90.5 Å². The molecule has 9 heteroatoms. The van der Waals surface area contributed by atoms with E-state index in [2.05, 4.69) is 20.5 Å². The summed E-state index contributed by atoms with van der Waals surface area (Å²) in [6.07, 6.45) is 3.44. The lowest BCUT2D eigenvalue weighted by atomic mass is 9.94. The van der Waals surface area contributed by atoms with Crippen molar-refractivity contribution in [1.82, 2.24) is 9.97 Å². The van der Waals surface area contributed by atoms with Gasteiger partial charge >= 0.3 is 0 Å². The number of halogens is 1. The van der Waals surface area contributed by atoms with Gasteiger partial charge in [-0.2, -0.15) is 4.98 Å². The molecule has 2 aliphatic rings.